The average molecular weight is 309 g/mol. The second-order valence-corrected chi connectivity index (χ2v) is 5.32. The van der Waals surface area contributed by atoms with E-state index in [9.17, 15) is 4.79 Å². The summed E-state index contributed by atoms with van der Waals surface area (Å²) < 4.78 is 1.67. The normalized spacial score (nSPS) is 12.3. The molecule has 0 fully saturated rings. The summed E-state index contributed by atoms with van der Waals surface area (Å²) in [5.74, 6) is -0.106. The molecule has 6 nitrogen and oxygen atoms in total. The molecule has 0 aliphatic heterocycles. The third-order valence-electron chi connectivity index (χ3n) is 3.38. The van der Waals surface area contributed by atoms with Crippen molar-refractivity contribution in [3.8, 4) is 0 Å². The lowest BCUT2D eigenvalue weighted by Crippen LogP contribution is -2.17. The molecule has 0 bridgehead atoms. The van der Waals surface area contributed by atoms with Crippen LogP contribution in [0.2, 0.25) is 5.02 Å². The summed E-state index contributed by atoms with van der Waals surface area (Å²) in [7, 11) is 0. The number of rotatable bonds is 7. The third kappa shape index (κ3) is 4.26. The molecule has 0 aliphatic carbocycles. The van der Waals surface area contributed by atoms with Gasteiger partial charge in [-0.2, -0.15) is 0 Å². The van der Waals surface area contributed by atoms with Gasteiger partial charge in [-0.05, 0) is 28.0 Å². The number of carboxylic acids is 1. The molecule has 2 rings (SSSR count). The van der Waals surface area contributed by atoms with Gasteiger partial charge in [-0.15, -0.1) is 5.10 Å². The first-order chi connectivity index (χ1) is 10.1. The molecule has 1 atom stereocenters. The molecule has 21 heavy (non-hydrogen) atoms. The Balaban J connectivity index is 2.11. The molecule has 1 unspecified atom stereocenters. The lowest BCUT2D eigenvalue weighted by atomic mass is 10.0. The van der Waals surface area contributed by atoms with Crippen molar-refractivity contribution < 1.29 is 9.90 Å². The zero-order valence-corrected chi connectivity index (χ0v) is 12.5. The number of tetrazole rings is 1. The van der Waals surface area contributed by atoms with Crippen molar-refractivity contribution in [2.45, 2.75) is 32.7 Å². The zero-order chi connectivity index (χ0) is 15.2. The maximum absolute atomic E-state index is 10.8. The smallest absolute Gasteiger partial charge is 0.303 e. The molecule has 1 aromatic carbocycles. The summed E-state index contributed by atoms with van der Waals surface area (Å²) in [6.45, 7) is 2.46. The van der Waals surface area contributed by atoms with Crippen molar-refractivity contribution >= 4 is 17.6 Å². The van der Waals surface area contributed by atoms with Crippen molar-refractivity contribution in [3.05, 3.63) is 40.7 Å². The Morgan fingerprint density at radius 3 is 2.86 bits per heavy atom. The summed E-state index contributed by atoms with van der Waals surface area (Å²) in [6, 6.07) is 7.53. The minimum Gasteiger partial charge on any atom is -0.481 e. The topological polar surface area (TPSA) is 80.9 Å². The molecule has 0 aliphatic rings. The highest BCUT2D eigenvalue weighted by Gasteiger charge is 2.16. The van der Waals surface area contributed by atoms with E-state index in [1.807, 2.05) is 31.2 Å². The lowest BCUT2D eigenvalue weighted by molar-refractivity contribution is -0.138. The molecule has 0 saturated heterocycles. The molecule has 1 N–H and O–H groups in total. The van der Waals surface area contributed by atoms with Crippen LogP contribution in [0.4, 0.5) is 0 Å². The van der Waals surface area contributed by atoms with E-state index in [0.29, 0.717) is 23.8 Å². The van der Waals surface area contributed by atoms with Crippen LogP contribution in [0.15, 0.2) is 24.3 Å². The highest BCUT2D eigenvalue weighted by atomic mass is 35.5. The van der Waals surface area contributed by atoms with Gasteiger partial charge in [-0.25, -0.2) is 4.68 Å². The van der Waals surface area contributed by atoms with Crippen molar-refractivity contribution in [3.63, 3.8) is 0 Å². The highest BCUT2D eigenvalue weighted by Crippen LogP contribution is 2.18. The highest BCUT2D eigenvalue weighted by molar-refractivity contribution is 6.31. The third-order valence-corrected chi connectivity index (χ3v) is 3.75. The number of aromatic nitrogens is 4. The van der Waals surface area contributed by atoms with Crippen molar-refractivity contribution in [2.75, 3.05) is 0 Å². The average Bonchev–Trinajstić information content (AvgIpc) is 2.87. The van der Waals surface area contributed by atoms with Gasteiger partial charge in [-0.1, -0.05) is 43.1 Å². The van der Waals surface area contributed by atoms with Crippen LogP contribution >= 0.6 is 11.6 Å². The Morgan fingerprint density at radius 2 is 2.19 bits per heavy atom. The predicted octanol–water partition coefficient (Wildman–Crippen LogP) is 2.42. The fourth-order valence-electron chi connectivity index (χ4n) is 2.13. The van der Waals surface area contributed by atoms with Gasteiger partial charge in [0, 0.05) is 24.4 Å². The van der Waals surface area contributed by atoms with Crippen molar-refractivity contribution in [2.24, 2.45) is 5.92 Å². The molecular weight excluding hydrogens is 292 g/mol. The minimum atomic E-state index is -0.803. The van der Waals surface area contributed by atoms with E-state index in [0.717, 1.165) is 12.0 Å². The lowest BCUT2D eigenvalue weighted by Gasteiger charge is -2.13. The number of aliphatic carboxylic acids is 1. The Kier molecular flexibility index (Phi) is 5.27. The van der Waals surface area contributed by atoms with Gasteiger partial charge in [0.2, 0.25) is 0 Å². The number of benzene rings is 1. The molecule has 0 radical (unpaired) electrons. The second kappa shape index (κ2) is 7.17. The Morgan fingerprint density at radius 1 is 1.43 bits per heavy atom. The summed E-state index contributed by atoms with van der Waals surface area (Å²) in [5.41, 5.74) is 0.946. The Labute approximate surface area is 127 Å². The maximum atomic E-state index is 10.8. The van der Waals surface area contributed by atoms with Gasteiger partial charge in [0.1, 0.15) is 0 Å². The molecule has 2 aromatic rings. The van der Waals surface area contributed by atoms with E-state index in [4.69, 9.17) is 16.7 Å². The number of halogens is 1. The minimum absolute atomic E-state index is 0.0102. The molecule has 0 saturated carbocycles. The summed E-state index contributed by atoms with van der Waals surface area (Å²) in [5, 5.41) is 21.2. The zero-order valence-electron chi connectivity index (χ0n) is 11.7. The van der Waals surface area contributed by atoms with E-state index in [2.05, 4.69) is 15.5 Å². The molecule has 0 spiro atoms. The van der Waals surface area contributed by atoms with E-state index in [1.165, 1.54) is 0 Å². The summed E-state index contributed by atoms with van der Waals surface area (Å²) >= 11 is 6.14. The van der Waals surface area contributed by atoms with E-state index in [-0.39, 0.29) is 12.3 Å². The van der Waals surface area contributed by atoms with Gasteiger partial charge in [0.25, 0.3) is 0 Å². The number of nitrogens with zero attached hydrogens (tertiary/aromatic N) is 4. The van der Waals surface area contributed by atoms with Crippen LogP contribution in [-0.4, -0.2) is 31.3 Å². The Bertz CT molecular complexity index is 615. The van der Waals surface area contributed by atoms with Gasteiger partial charge in [0.15, 0.2) is 5.82 Å². The van der Waals surface area contributed by atoms with Crippen molar-refractivity contribution in [1.82, 2.24) is 20.2 Å². The molecule has 7 heteroatoms. The SMILES string of the molecule is CCC(CC(=O)O)Cn1nnnc1Cc1ccccc1Cl. The standard InChI is InChI=1S/C14H17ClN4O2/c1-2-10(7-14(20)21)9-19-13(16-17-18-19)8-11-5-3-4-6-12(11)15/h3-6,10H,2,7-9H2,1H3,(H,20,21). The summed E-state index contributed by atoms with van der Waals surface area (Å²) in [6.07, 6.45) is 1.40. The molecule has 0 amide bonds. The molecular formula is C14H17ClN4O2. The van der Waals surface area contributed by atoms with Gasteiger partial charge in [-0.3, -0.25) is 4.79 Å². The predicted molar refractivity (Wildman–Crippen MR) is 78.1 cm³/mol. The monoisotopic (exact) mass is 308 g/mol. The fourth-order valence-corrected chi connectivity index (χ4v) is 2.34. The first-order valence-electron chi connectivity index (χ1n) is 6.80. The molecule has 112 valence electrons. The largest absolute Gasteiger partial charge is 0.481 e. The van der Waals surface area contributed by atoms with Crippen LogP contribution in [0.3, 0.4) is 0 Å². The fraction of sp³-hybridized carbons (Fsp3) is 0.429. The number of carbonyl (C=O) groups is 1. The van der Waals surface area contributed by atoms with Crippen LogP contribution in [0.1, 0.15) is 31.2 Å². The van der Waals surface area contributed by atoms with Crippen molar-refractivity contribution in [1.29, 1.82) is 0 Å². The van der Waals surface area contributed by atoms with Crippen LogP contribution in [-0.2, 0) is 17.8 Å². The van der Waals surface area contributed by atoms with Gasteiger partial charge in [0.05, 0.1) is 0 Å². The van der Waals surface area contributed by atoms with Crippen LogP contribution in [0.5, 0.6) is 0 Å². The van der Waals surface area contributed by atoms with E-state index < -0.39 is 5.97 Å². The first kappa shape index (κ1) is 15.4. The summed E-state index contributed by atoms with van der Waals surface area (Å²) in [4.78, 5) is 10.8. The Hall–Kier alpha value is -1.95. The second-order valence-electron chi connectivity index (χ2n) is 4.92. The number of carboxylic acid groups (broad SMARTS) is 1. The van der Waals surface area contributed by atoms with E-state index in [1.54, 1.807) is 4.68 Å². The number of hydrogen-bond donors (Lipinski definition) is 1. The van der Waals surface area contributed by atoms with Gasteiger partial charge < -0.3 is 5.11 Å². The molecule has 1 aromatic heterocycles. The van der Waals surface area contributed by atoms with Crippen LogP contribution in [0.25, 0.3) is 0 Å². The maximum Gasteiger partial charge on any atom is 0.303 e. The van der Waals surface area contributed by atoms with Crippen LogP contribution in [0, 0.1) is 5.92 Å². The van der Waals surface area contributed by atoms with E-state index >= 15 is 0 Å². The molecule has 1 heterocycles. The number of hydrogen-bond acceptors (Lipinski definition) is 4. The first-order valence-corrected chi connectivity index (χ1v) is 7.18. The van der Waals surface area contributed by atoms with Crippen LogP contribution < -0.4 is 0 Å². The van der Waals surface area contributed by atoms with Gasteiger partial charge >= 0.3 is 5.97 Å². The quantitative estimate of drug-likeness (QED) is 0.849.